The number of hydrogen-bond acceptors (Lipinski definition) is 4. The molecule has 1 heterocycles. The van der Waals surface area contributed by atoms with Gasteiger partial charge in [0.1, 0.15) is 22.9 Å². The number of anilines is 1. The predicted octanol–water partition coefficient (Wildman–Crippen LogP) is 5.57. The molecule has 0 atom stereocenters. The number of phenolic OH excluding ortho intramolecular Hbond substituents is 1. The van der Waals surface area contributed by atoms with Crippen molar-refractivity contribution in [3.8, 4) is 17.2 Å². The van der Waals surface area contributed by atoms with E-state index in [1.165, 1.54) is 0 Å². The van der Waals surface area contributed by atoms with Crippen molar-refractivity contribution in [2.75, 3.05) is 5.32 Å². The lowest BCUT2D eigenvalue weighted by atomic mass is 10.0. The number of carbonyl (C=O) groups is 1. The molecule has 0 spiro atoms. The minimum atomic E-state index is -0.256. The maximum Gasteiger partial charge on any atom is 0.274 e. The van der Waals surface area contributed by atoms with Crippen molar-refractivity contribution >= 4 is 11.6 Å². The Morgan fingerprint density at radius 3 is 2.39 bits per heavy atom. The second-order valence-corrected chi connectivity index (χ2v) is 7.09. The van der Waals surface area contributed by atoms with Crippen LogP contribution in [-0.4, -0.2) is 16.0 Å². The molecule has 0 aliphatic rings. The Morgan fingerprint density at radius 1 is 1.07 bits per heavy atom. The molecule has 2 N–H and O–H groups in total. The molecule has 5 nitrogen and oxygen atoms in total. The van der Waals surface area contributed by atoms with Crippen LogP contribution in [0.25, 0.3) is 0 Å². The summed E-state index contributed by atoms with van der Waals surface area (Å²) in [6.45, 7) is 7.91. The minimum absolute atomic E-state index is 0.190. The summed E-state index contributed by atoms with van der Waals surface area (Å²) in [7, 11) is 0. The topological polar surface area (TPSA) is 71.5 Å². The number of rotatable bonds is 5. The highest BCUT2D eigenvalue weighted by Crippen LogP contribution is 2.35. The summed E-state index contributed by atoms with van der Waals surface area (Å²) in [4.78, 5) is 16.4. The Bertz CT molecular complexity index is 975. The van der Waals surface area contributed by atoms with Crippen molar-refractivity contribution < 1.29 is 14.6 Å². The van der Waals surface area contributed by atoms with E-state index in [-0.39, 0.29) is 17.6 Å². The van der Waals surface area contributed by atoms with Gasteiger partial charge in [0, 0.05) is 17.4 Å². The third kappa shape index (κ3) is 4.31. The highest BCUT2D eigenvalue weighted by atomic mass is 16.5. The standard InChI is InChI=1S/C23H24N2O3/c1-14(2)19-13-18(8-9-21(19)26)28-22-15(3)11-17(12-16(22)4)25-23(27)20-7-5-6-10-24-20/h5-14,26H,1-4H3,(H,25,27). The first kappa shape index (κ1) is 19.4. The molecule has 3 rings (SSSR count). The number of nitrogens with one attached hydrogen (secondary N) is 1. The van der Waals surface area contributed by atoms with E-state index in [2.05, 4.69) is 10.3 Å². The van der Waals surface area contributed by atoms with Crippen LogP contribution in [0.15, 0.2) is 54.7 Å². The van der Waals surface area contributed by atoms with Gasteiger partial charge in [0.25, 0.3) is 5.91 Å². The third-order valence-electron chi connectivity index (χ3n) is 4.46. The Kier molecular flexibility index (Phi) is 5.64. The zero-order valence-corrected chi connectivity index (χ0v) is 16.5. The maximum atomic E-state index is 12.3. The van der Waals surface area contributed by atoms with Gasteiger partial charge in [-0.1, -0.05) is 19.9 Å². The smallest absolute Gasteiger partial charge is 0.274 e. The van der Waals surface area contributed by atoms with Gasteiger partial charge < -0.3 is 15.2 Å². The van der Waals surface area contributed by atoms with E-state index in [9.17, 15) is 9.90 Å². The lowest BCUT2D eigenvalue weighted by Gasteiger charge is -2.16. The summed E-state index contributed by atoms with van der Waals surface area (Å²) in [5.41, 5.74) is 3.69. The summed E-state index contributed by atoms with van der Waals surface area (Å²) in [6.07, 6.45) is 1.59. The molecule has 0 unspecified atom stereocenters. The van der Waals surface area contributed by atoms with E-state index in [4.69, 9.17) is 4.74 Å². The van der Waals surface area contributed by atoms with Gasteiger partial charge in [-0.05, 0) is 73.4 Å². The fraction of sp³-hybridized carbons (Fsp3) is 0.217. The number of pyridine rings is 1. The number of hydrogen-bond donors (Lipinski definition) is 2. The van der Waals surface area contributed by atoms with Crippen molar-refractivity contribution in [3.63, 3.8) is 0 Å². The van der Waals surface area contributed by atoms with Crippen LogP contribution in [-0.2, 0) is 0 Å². The van der Waals surface area contributed by atoms with Crippen LogP contribution in [0.2, 0.25) is 0 Å². The van der Waals surface area contributed by atoms with Gasteiger partial charge in [0.05, 0.1) is 0 Å². The fourth-order valence-electron chi connectivity index (χ4n) is 3.05. The van der Waals surface area contributed by atoms with Gasteiger partial charge in [-0.15, -0.1) is 0 Å². The SMILES string of the molecule is Cc1cc(NC(=O)c2ccccn2)cc(C)c1Oc1ccc(O)c(C(C)C)c1. The lowest BCUT2D eigenvalue weighted by molar-refractivity contribution is 0.102. The maximum absolute atomic E-state index is 12.3. The molecule has 28 heavy (non-hydrogen) atoms. The lowest BCUT2D eigenvalue weighted by Crippen LogP contribution is -2.13. The average Bonchev–Trinajstić information content (AvgIpc) is 2.66. The van der Waals surface area contributed by atoms with Crippen LogP contribution in [0.5, 0.6) is 17.2 Å². The second-order valence-electron chi connectivity index (χ2n) is 7.09. The molecule has 0 saturated carbocycles. The van der Waals surface area contributed by atoms with Crippen molar-refractivity contribution in [1.29, 1.82) is 0 Å². The van der Waals surface area contributed by atoms with Crippen LogP contribution < -0.4 is 10.1 Å². The van der Waals surface area contributed by atoms with Gasteiger partial charge in [-0.3, -0.25) is 9.78 Å². The summed E-state index contributed by atoms with van der Waals surface area (Å²) >= 11 is 0. The van der Waals surface area contributed by atoms with Crippen LogP contribution in [0.1, 0.15) is 46.9 Å². The number of carbonyl (C=O) groups excluding carboxylic acids is 1. The van der Waals surface area contributed by atoms with E-state index in [1.807, 2.05) is 45.9 Å². The Labute approximate surface area is 165 Å². The van der Waals surface area contributed by atoms with Crippen molar-refractivity contribution in [2.45, 2.75) is 33.6 Å². The van der Waals surface area contributed by atoms with E-state index in [0.717, 1.165) is 22.4 Å². The molecular weight excluding hydrogens is 352 g/mol. The normalized spacial score (nSPS) is 10.8. The van der Waals surface area contributed by atoms with E-state index in [1.54, 1.807) is 36.5 Å². The molecule has 0 aliphatic heterocycles. The molecule has 1 amide bonds. The monoisotopic (exact) mass is 376 g/mol. The molecule has 0 fully saturated rings. The van der Waals surface area contributed by atoms with Crippen LogP contribution >= 0.6 is 0 Å². The zero-order chi connectivity index (χ0) is 20.3. The van der Waals surface area contributed by atoms with Gasteiger partial charge in [0.15, 0.2) is 0 Å². The summed E-state index contributed by atoms with van der Waals surface area (Å²) < 4.78 is 6.09. The number of aryl methyl sites for hydroxylation is 2. The Hall–Kier alpha value is -3.34. The number of phenols is 1. The van der Waals surface area contributed by atoms with E-state index >= 15 is 0 Å². The van der Waals surface area contributed by atoms with E-state index < -0.39 is 0 Å². The van der Waals surface area contributed by atoms with Crippen LogP contribution in [0, 0.1) is 13.8 Å². The van der Waals surface area contributed by atoms with Crippen molar-refractivity contribution in [2.24, 2.45) is 0 Å². The van der Waals surface area contributed by atoms with Crippen LogP contribution in [0.4, 0.5) is 5.69 Å². The van der Waals surface area contributed by atoms with Gasteiger partial charge in [-0.2, -0.15) is 0 Å². The summed E-state index contributed by atoms with van der Waals surface area (Å²) in [6, 6.07) is 14.2. The fourth-order valence-corrected chi connectivity index (χ4v) is 3.05. The van der Waals surface area contributed by atoms with Crippen molar-refractivity contribution in [1.82, 2.24) is 4.98 Å². The molecule has 0 saturated heterocycles. The molecule has 3 aromatic rings. The Balaban J connectivity index is 1.83. The molecule has 1 aromatic heterocycles. The largest absolute Gasteiger partial charge is 0.508 e. The number of amides is 1. The average molecular weight is 376 g/mol. The number of ether oxygens (including phenoxy) is 1. The predicted molar refractivity (Wildman–Crippen MR) is 110 cm³/mol. The zero-order valence-electron chi connectivity index (χ0n) is 16.5. The van der Waals surface area contributed by atoms with E-state index in [0.29, 0.717) is 17.1 Å². The molecule has 144 valence electrons. The molecule has 0 radical (unpaired) electrons. The first-order valence-corrected chi connectivity index (χ1v) is 9.19. The number of nitrogens with zero attached hydrogens (tertiary/aromatic N) is 1. The first-order valence-electron chi connectivity index (χ1n) is 9.19. The van der Waals surface area contributed by atoms with Gasteiger partial charge in [-0.25, -0.2) is 0 Å². The Morgan fingerprint density at radius 2 is 1.79 bits per heavy atom. The molecule has 0 aliphatic carbocycles. The quantitative estimate of drug-likeness (QED) is 0.610. The van der Waals surface area contributed by atoms with Crippen LogP contribution in [0.3, 0.4) is 0 Å². The first-order chi connectivity index (χ1) is 13.3. The van der Waals surface area contributed by atoms with Gasteiger partial charge in [0.2, 0.25) is 0 Å². The molecule has 5 heteroatoms. The van der Waals surface area contributed by atoms with Gasteiger partial charge >= 0.3 is 0 Å². The highest BCUT2D eigenvalue weighted by Gasteiger charge is 2.13. The second kappa shape index (κ2) is 8.13. The molecule has 0 bridgehead atoms. The van der Waals surface area contributed by atoms with Crippen molar-refractivity contribution in [3.05, 3.63) is 77.1 Å². The molecule has 2 aromatic carbocycles. The number of benzene rings is 2. The third-order valence-corrected chi connectivity index (χ3v) is 4.46. The molecular formula is C23H24N2O3. The summed E-state index contributed by atoms with van der Waals surface area (Å²) in [5, 5.41) is 12.9. The number of aromatic hydroxyl groups is 1. The summed E-state index contributed by atoms with van der Waals surface area (Å²) in [5.74, 6) is 1.60. The highest BCUT2D eigenvalue weighted by molar-refractivity contribution is 6.02. The minimum Gasteiger partial charge on any atom is -0.508 e. The number of aromatic nitrogens is 1.